The van der Waals surface area contributed by atoms with Crippen molar-refractivity contribution in [2.45, 2.75) is 19.4 Å². The largest absolute Gasteiger partial charge is 0.507 e. The zero-order valence-electron chi connectivity index (χ0n) is 17.5. The minimum absolute atomic E-state index is 0.0278. The van der Waals surface area contributed by atoms with Gasteiger partial charge in [0.05, 0.1) is 26.6 Å². The zero-order chi connectivity index (χ0) is 23.5. The number of hydrogen-bond donors (Lipinski definition) is 5. The van der Waals surface area contributed by atoms with Crippen molar-refractivity contribution in [2.75, 3.05) is 0 Å². The van der Waals surface area contributed by atoms with Crippen LogP contribution in [0.1, 0.15) is 23.1 Å². The maximum atomic E-state index is 12.2. The molecule has 6 N–H and O–H groups in total. The second kappa shape index (κ2) is 9.52. The second-order valence-electron chi connectivity index (χ2n) is 7.57. The van der Waals surface area contributed by atoms with Crippen LogP contribution in [0, 0.1) is 5.41 Å². The van der Waals surface area contributed by atoms with Gasteiger partial charge in [0.1, 0.15) is 17.4 Å². The van der Waals surface area contributed by atoms with Gasteiger partial charge in [0, 0.05) is 18.5 Å². The van der Waals surface area contributed by atoms with Crippen molar-refractivity contribution >= 4 is 46.0 Å². The SMILES string of the molecule is N=C(N)c1ccc2nc(-c3ccc(CCC(=O)NCc4cccc(Cl)c4Cl)cc3O)[nH]c2c1. The molecule has 33 heavy (non-hydrogen) atoms. The van der Waals surface area contributed by atoms with Crippen LogP contribution in [-0.2, 0) is 17.8 Å². The second-order valence-corrected chi connectivity index (χ2v) is 8.36. The molecule has 4 rings (SSSR count). The first-order valence-electron chi connectivity index (χ1n) is 10.2. The van der Waals surface area contributed by atoms with Crippen molar-refractivity contribution in [1.82, 2.24) is 15.3 Å². The van der Waals surface area contributed by atoms with E-state index in [1.807, 2.05) is 12.1 Å². The van der Waals surface area contributed by atoms with E-state index in [1.165, 1.54) is 0 Å². The molecule has 9 heteroatoms. The van der Waals surface area contributed by atoms with E-state index in [4.69, 9.17) is 34.3 Å². The third-order valence-electron chi connectivity index (χ3n) is 5.26. The van der Waals surface area contributed by atoms with Crippen molar-refractivity contribution in [2.24, 2.45) is 5.73 Å². The standard InChI is InChI=1S/C24H21Cl2N5O2/c25-17-3-1-2-15(22(17)26)12-29-21(33)9-5-13-4-7-16(20(32)10-13)24-30-18-8-6-14(23(27)28)11-19(18)31-24/h1-4,6-8,10-11,32H,5,9,12H2,(H3,27,28)(H,29,33)(H,30,31). The van der Waals surface area contributed by atoms with E-state index in [2.05, 4.69) is 15.3 Å². The van der Waals surface area contributed by atoms with E-state index >= 15 is 0 Å². The molecule has 0 saturated heterocycles. The van der Waals surface area contributed by atoms with Gasteiger partial charge in [0.25, 0.3) is 0 Å². The summed E-state index contributed by atoms with van der Waals surface area (Å²) in [4.78, 5) is 19.9. The molecule has 0 aliphatic carbocycles. The molecule has 0 aliphatic rings. The number of H-pyrrole nitrogens is 1. The van der Waals surface area contributed by atoms with E-state index in [1.54, 1.807) is 42.5 Å². The molecule has 0 atom stereocenters. The van der Waals surface area contributed by atoms with Gasteiger partial charge in [-0.15, -0.1) is 0 Å². The Balaban J connectivity index is 1.40. The Morgan fingerprint density at radius 2 is 1.97 bits per heavy atom. The van der Waals surface area contributed by atoms with E-state index < -0.39 is 0 Å². The molecule has 0 spiro atoms. The number of phenolic OH excluding ortho intramolecular Hbond substituents is 1. The first-order valence-corrected chi connectivity index (χ1v) is 10.9. The molecular formula is C24H21Cl2N5O2. The number of benzene rings is 3. The Labute approximate surface area is 200 Å². The summed E-state index contributed by atoms with van der Waals surface area (Å²) in [6, 6.07) is 15.8. The lowest BCUT2D eigenvalue weighted by Crippen LogP contribution is -2.23. The van der Waals surface area contributed by atoms with Gasteiger partial charge in [0.15, 0.2) is 0 Å². The highest BCUT2D eigenvalue weighted by Crippen LogP contribution is 2.30. The van der Waals surface area contributed by atoms with Crippen LogP contribution in [0.4, 0.5) is 0 Å². The average molecular weight is 482 g/mol. The number of amides is 1. The predicted molar refractivity (Wildman–Crippen MR) is 131 cm³/mol. The number of aryl methyl sites for hydroxylation is 1. The highest BCUT2D eigenvalue weighted by Gasteiger charge is 2.12. The van der Waals surface area contributed by atoms with E-state index in [0.717, 1.165) is 16.6 Å². The Morgan fingerprint density at radius 3 is 2.73 bits per heavy atom. The molecule has 0 aliphatic heterocycles. The summed E-state index contributed by atoms with van der Waals surface area (Å²) < 4.78 is 0. The van der Waals surface area contributed by atoms with Gasteiger partial charge in [-0.2, -0.15) is 0 Å². The molecule has 4 aromatic rings. The Kier molecular flexibility index (Phi) is 6.53. The average Bonchev–Trinajstić information content (AvgIpc) is 3.21. The molecule has 0 bridgehead atoms. The number of carbonyl (C=O) groups excluding carboxylic acids is 1. The van der Waals surface area contributed by atoms with Crippen molar-refractivity contribution in [1.29, 1.82) is 5.41 Å². The van der Waals surface area contributed by atoms with Crippen LogP contribution < -0.4 is 11.1 Å². The summed E-state index contributed by atoms with van der Waals surface area (Å²) in [7, 11) is 0. The normalized spacial score (nSPS) is 11.0. The summed E-state index contributed by atoms with van der Waals surface area (Å²) in [5.74, 6) is 0.406. The summed E-state index contributed by atoms with van der Waals surface area (Å²) in [5.41, 5.74) is 9.67. The topological polar surface area (TPSA) is 128 Å². The monoisotopic (exact) mass is 481 g/mol. The first kappa shape index (κ1) is 22.6. The van der Waals surface area contributed by atoms with Crippen molar-refractivity contribution in [3.63, 3.8) is 0 Å². The molecule has 0 radical (unpaired) electrons. The fourth-order valence-corrected chi connectivity index (χ4v) is 3.85. The maximum Gasteiger partial charge on any atom is 0.220 e. The fraction of sp³-hybridized carbons (Fsp3) is 0.125. The molecule has 7 nitrogen and oxygen atoms in total. The molecule has 3 aromatic carbocycles. The lowest BCUT2D eigenvalue weighted by molar-refractivity contribution is -0.121. The number of nitrogens with one attached hydrogen (secondary N) is 3. The number of aromatic nitrogens is 2. The van der Waals surface area contributed by atoms with Crippen LogP contribution in [0.5, 0.6) is 5.75 Å². The van der Waals surface area contributed by atoms with Crippen LogP contribution in [0.3, 0.4) is 0 Å². The van der Waals surface area contributed by atoms with Gasteiger partial charge in [0.2, 0.25) is 5.91 Å². The van der Waals surface area contributed by atoms with E-state index in [-0.39, 0.29) is 23.9 Å². The highest BCUT2D eigenvalue weighted by atomic mass is 35.5. The van der Waals surface area contributed by atoms with Gasteiger partial charge in [-0.1, -0.05) is 41.4 Å². The van der Waals surface area contributed by atoms with Crippen molar-refractivity contribution < 1.29 is 9.90 Å². The van der Waals surface area contributed by atoms with Crippen LogP contribution in [-0.4, -0.2) is 26.8 Å². The quantitative estimate of drug-likeness (QED) is 0.192. The Bertz CT molecular complexity index is 1370. The number of imidazole rings is 1. The van der Waals surface area contributed by atoms with Crippen LogP contribution >= 0.6 is 23.2 Å². The van der Waals surface area contributed by atoms with E-state index in [0.29, 0.717) is 45.5 Å². The summed E-state index contributed by atoms with van der Waals surface area (Å²) in [6.07, 6.45) is 0.723. The number of hydrogen-bond acceptors (Lipinski definition) is 4. The lowest BCUT2D eigenvalue weighted by atomic mass is 10.1. The number of nitrogens with two attached hydrogens (primary N) is 1. The number of nitrogens with zero attached hydrogens (tertiary/aromatic N) is 1. The van der Waals surface area contributed by atoms with Gasteiger partial charge < -0.3 is 21.1 Å². The first-order chi connectivity index (χ1) is 15.8. The molecule has 1 amide bonds. The third-order valence-corrected chi connectivity index (χ3v) is 6.12. The maximum absolute atomic E-state index is 12.2. The van der Waals surface area contributed by atoms with Gasteiger partial charge in [-0.05, 0) is 53.9 Å². The summed E-state index contributed by atoms with van der Waals surface area (Å²) in [5, 5.41) is 21.8. The Morgan fingerprint density at radius 1 is 1.15 bits per heavy atom. The Hall–Kier alpha value is -3.55. The predicted octanol–water partition coefficient (Wildman–Crippen LogP) is 4.78. The molecule has 1 aromatic heterocycles. The number of aromatic hydroxyl groups is 1. The molecule has 1 heterocycles. The summed E-state index contributed by atoms with van der Waals surface area (Å²) in [6.45, 7) is 0.291. The summed E-state index contributed by atoms with van der Waals surface area (Å²) >= 11 is 12.1. The number of carbonyl (C=O) groups is 1. The smallest absolute Gasteiger partial charge is 0.220 e. The molecule has 0 fully saturated rings. The van der Waals surface area contributed by atoms with E-state index in [9.17, 15) is 9.90 Å². The van der Waals surface area contributed by atoms with Gasteiger partial charge >= 0.3 is 0 Å². The van der Waals surface area contributed by atoms with Gasteiger partial charge in [-0.25, -0.2) is 4.98 Å². The van der Waals surface area contributed by atoms with Crippen molar-refractivity contribution in [3.05, 3.63) is 81.3 Å². The van der Waals surface area contributed by atoms with Crippen LogP contribution in [0.25, 0.3) is 22.4 Å². The lowest BCUT2D eigenvalue weighted by Gasteiger charge is -2.09. The number of phenols is 1. The number of nitrogen functional groups attached to an aromatic ring is 1. The van der Waals surface area contributed by atoms with Crippen LogP contribution in [0.15, 0.2) is 54.6 Å². The number of rotatable bonds is 7. The number of aromatic amines is 1. The van der Waals surface area contributed by atoms with Gasteiger partial charge in [-0.3, -0.25) is 10.2 Å². The number of halogens is 2. The number of fused-ring (bicyclic) bond motifs is 1. The third kappa shape index (κ3) is 5.10. The molecular weight excluding hydrogens is 461 g/mol. The van der Waals surface area contributed by atoms with Crippen LogP contribution in [0.2, 0.25) is 10.0 Å². The molecule has 168 valence electrons. The fourth-order valence-electron chi connectivity index (χ4n) is 3.46. The number of amidine groups is 1. The minimum Gasteiger partial charge on any atom is -0.507 e. The molecule has 0 saturated carbocycles. The minimum atomic E-state index is -0.131. The highest BCUT2D eigenvalue weighted by molar-refractivity contribution is 6.42. The van der Waals surface area contributed by atoms with Crippen molar-refractivity contribution in [3.8, 4) is 17.1 Å². The zero-order valence-corrected chi connectivity index (χ0v) is 19.0. The molecule has 0 unspecified atom stereocenters.